The van der Waals surface area contributed by atoms with Crippen molar-refractivity contribution in [2.45, 2.75) is 57.7 Å². The Morgan fingerprint density at radius 1 is 1.24 bits per heavy atom. The van der Waals surface area contributed by atoms with Crippen molar-refractivity contribution < 1.29 is 0 Å². The predicted molar refractivity (Wildman–Crippen MR) is 75.9 cm³/mol. The smallest absolute Gasteiger partial charge is 0.133 e. The molecular weight excluding hydrogens is 230 g/mol. The lowest BCUT2D eigenvalue weighted by Gasteiger charge is -2.13. The molecule has 0 saturated carbocycles. The topological polar surface area (TPSA) is 37.8 Å². The number of hydrogen-bond acceptors (Lipinski definition) is 4. The Bertz CT molecular complexity index is 364. The zero-order chi connectivity index (χ0) is 12.8. The van der Waals surface area contributed by atoms with Gasteiger partial charge in [-0.3, -0.25) is 0 Å². The number of aromatic nitrogens is 2. The van der Waals surface area contributed by atoms with E-state index in [2.05, 4.69) is 49.9 Å². The summed E-state index contributed by atoms with van der Waals surface area (Å²) in [6.45, 7) is 11.6. The Balaban J connectivity index is 3.07. The minimum absolute atomic E-state index is 0.549. The van der Waals surface area contributed by atoms with E-state index in [0.717, 1.165) is 36.1 Å². The molecule has 0 radical (unpaired) electrons. The van der Waals surface area contributed by atoms with E-state index < -0.39 is 0 Å². The molecule has 0 aliphatic rings. The number of nitrogens with one attached hydrogen (secondary N) is 1. The van der Waals surface area contributed by atoms with E-state index in [0.29, 0.717) is 5.25 Å². The minimum Gasteiger partial charge on any atom is -0.370 e. The number of hydrogen-bond donors (Lipinski definition) is 1. The van der Waals surface area contributed by atoms with Gasteiger partial charge in [0.2, 0.25) is 0 Å². The van der Waals surface area contributed by atoms with Crippen LogP contribution in [0.5, 0.6) is 0 Å². The van der Waals surface area contributed by atoms with E-state index in [1.54, 1.807) is 0 Å². The van der Waals surface area contributed by atoms with E-state index in [9.17, 15) is 0 Å². The molecule has 0 atom stereocenters. The van der Waals surface area contributed by atoms with Crippen LogP contribution in [0.25, 0.3) is 0 Å². The van der Waals surface area contributed by atoms with Crippen LogP contribution in [0.3, 0.4) is 0 Å². The fourth-order valence-electron chi connectivity index (χ4n) is 1.55. The first-order chi connectivity index (χ1) is 8.08. The van der Waals surface area contributed by atoms with Crippen molar-refractivity contribution in [1.29, 1.82) is 0 Å². The molecule has 0 aliphatic carbocycles. The second-order valence-corrected chi connectivity index (χ2v) is 5.93. The molecule has 0 aromatic carbocycles. The van der Waals surface area contributed by atoms with Crippen molar-refractivity contribution in [3.05, 3.63) is 11.4 Å². The molecule has 96 valence electrons. The van der Waals surface area contributed by atoms with Gasteiger partial charge in [-0.1, -0.05) is 20.8 Å². The van der Waals surface area contributed by atoms with Crippen molar-refractivity contribution in [2.24, 2.45) is 0 Å². The van der Waals surface area contributed by atoms with Crippen LogP contribution in [0.2, 0.25) is 0 Å². The minimum atomic E-state index is 0.549. The number of rotatable bonds is 6. The summed E-state index contributed by atoms with van der Waals surface area (Å²) in [5.74, 6) is 1.95. The quantitative estimate of drug-likeness (QED) is 0.620. The maximum atomic E-state index is 4.66. The molecule has 4 heteroatoms. The third-order valence-electron chi connectivity index (χ3n) is 2.31. The van der Waals surface area contributed by atoms with Crippen molar-refractivity contribution >= 4 is 17.6 Å². The molecule has 1 heterocycles. The van der Waals surface area contributed by atoms with Crippen LogP contribution >= 0.6 is 11.8 Å². The van der Waals surface area contributed by atoms with E-state index in [1.165, 1.54) is 5.56 Å². The molecule has 0 unspecified atom stereocenters. The lowest BCUT2D eigenvalue weighted by molar-refractivity contribution is 0.801. The molecule has 1 rings (SSSR count). The lowest BCUT2D eigenvalue weighted by atomic mass is 10.3. The summed E-state index contributed by atoms with van der Waals surface area (Å²) in [7, 11) is 0. The summed E-state index contributed by atoms with van der Waals surface area (Å²) >= 11 is 1.81. The van der Waals surface area contributed by atoms with Crippen molar-refractivity contribution in [2.75, 3.05) is 11.9 Å². The van der Waals surface area contributed by atoms with Gasteiger partial charge < -0.3 is 5.32 Å². The highest BCUT2D eigenvalue weighted by molar-refractivity contribution is 7.99. The van der Waals surface area contributed by atoms with Gasteiger partial charge in [0.15, 0.2) is 0 Å². The standard InChI is InChI=1S/C13H23N3S/c1-6-8-11-15-12(14-7-2)10(5)13(16-11)17-9(3)4/h9H,6-8H2,1-5H3,(H,14,15,16). The third kappa shape index (κ3) is 4.19. The molecular formula is C13H23N3S. The van der Waals surface area contributed by atoms with Crippen molar-refractivity contribution in [3.8, 4) is 0 Å². The summed E-state index contributed by atoms with van der Waals surface area (Å²) in [6, 6.07) is 0. The van der Waals surface area contributed by atoms with Gasteiger partial charge in [-0.15, -0.1) is 11.8 Å². The average Bonchev–Trinajstić information content (AvgIpc) is 2.24. The first kappa shape index (κ1) is 14.3. The second-order valence-electron chi connectivity index (χ2n) is 4.37. The molecule has 0 bridgehead atoms. The Kier molecular flexibility index (Phi) is 5.75. The Morgan fingerprint density at radius 3 is 2.47 bits per heavy atom. The van der Waals surface area contributed by atoms with Gasteiger partial charge in [0.05, 0.1) is 0 Å². The fraction of sp³-hybridized carbons (Fsp3) is 0.692. The molecule has 0 amide bonds. The maximum Gasteiger partial charge on any atom is 0.133 e. The van der Waals surface area contributed by atoms with Gasteiger partial charge in [0.25, 0.3) is 0 Å². The summed E-state index contributed by atoms with van der Waals surface area (Å²) in [5.41, 5.74) is 1.17. The Hall–Kier alpha value is -0.770. The summed E-state index contributed by atoms with van der Waals surface area (Å²) in [4.78, 5) is 9.24. The van der Waals surface area contributed by atoms with E-state index in [4.69, 9.17) is 0 Å². The highest BCUT2D eigenvalue weighted by atomic mass is 32.2. The van der Waals surface area contributed by atoms with Crippen LogP contribution in [0.15, 0.2) is 5.03 Å². The Morgan fingerprint density at radius 2 is 1.94 bits per heavy atom. The maximum absolute atomic E-state index is 4.66. The molecule has 1 N–H and O–H groups in total. The van der Waals surface area contributed by atoms with Crippen LogP contribution in [-0.2, 0) is 6.42 Å². The van der Waals surface area contributed by atoms with Crippen LogP contribution in [-0.4, -0.2) is 21.8 Å². The van der Waals surface area contributed by atoms with Gasteiger partial charge in [0.1, 0.15) is 16.7 Å². The fourth-order valence-corrected chi connectivity index (χ4v) is 2.43. The summed E-state index contributed by atoms with van der Waals surface area (Å²) in [6.07, 6.45) is 2.03. The van der Waals surface area contributed by atoms with Crippen LogP contribution in [0.4, 0.5) is 5.82 Å². The number of nitrogens with zero attached hydrogens (tertiary/aromatic N) is 2. The van der Waals surface area contributed by atoms with Gasteiger partial charge >= 0.3 is 0 Å². The van der Waals surface area contributed by atoms with Crippen molar-refractivity contribution in [1.82, 2.24) is 9.97 Å². The first-order valence-corrected chi connectivity index (χ1v) is 7.24. The summed E-state index contributed by atoms with van der Waals surface area (Å²) < 4.78 is 0. The summed E-state index contributed by atoms with van der Waals surface area (Å²) in [5, 5.41) is 4.99. The van der Waals surface area contributed by atoms with E-state index in [-0.39, 0.29) is 0 Å². The van der Waals surface area contributed by atoms with Gasteiger partial charge in [-0.2, -0.15) is 0 Å². The van der Waals surface area contributed by atoms with E-state index in [1.807, 2.05) is 11.8 Å². The predicted octanol–water partition coefficient (Wildman–Crippen LogP) is 3.67. The molecule has 1 aromatic rings. The number of aryl methyl sites for hydroxylation is 1. The molecule has 3 nitrogen and oxygen atoms in total. The van der Waals surface area contributed by atoms with Crippen LogP contribution in [0.1, 0.15) is 45.5 Å². The lowest BCUT2D eigenvalue weighted by Crippen LogP contribution is -2.08. The van der Waals surface area contributed by atoms with Crippen molar-refractivity contribution in [3.63, 3.8) is 0 Å². The SMILES string of the molecule is CCCc1nc(NCC)c(C)c(SC(C)C)n1. The van der Waals surface area contributed by atoms with Crippen LogP contribution < -0.4 is 5.32 Å². The normalized spacial score (nSPS) is 10.9. The third-order valence-corrected chi connectivity index (χ3v) is 3.40. The number of thioether (sulfide) groups is 1. The second kappa shape index (κ2) is 6.84. The highest BCUT2D eigenvalue weighted by Gasteiger charge is 2.11. The van der Waals surface area contributed by atoms with Crippen LogP contribution in [0, 0.1) is 6.92 Å². The first-order valence-electron chi connectivity index (χ1n) is 6.36. The molecule has 17 heavy (non-hydrogen) atoms. The molecule has 0 aliphatic heterocycles. The zero-order valence-electron chi connectivity index (χ0n) is 11.5. The van der Waals surface area contributed by atoms with Gasteiger partial charge in [0, 0.05) is 23.8 Å². The molecule has 0 saturated heterocycles. The average molecular weight is 253 g/mol. The number of anilines is 1. The Labute approximate surface area is 109 Å². The van der Waals surface area contributed by atoms with Gasteiger partial charge in [-0.05, 0) is 20.3 Å². The monoisotopic (exact) mass is 253 g/mol. The molecule has 0 fully saturated rings. The van der Waals surface area contributed by atoms with Gasteiger partial charge in [-0.25, -0.2) is 9.97 Å². The van der Waals surface area contributed by atoms with E-state index >= 15 is 0 Å². The largest absolute Gasteiger partial charge is 0.370 e. The highest BCUT2D eigenvalue weighted by Crippen LogP contribution is 2.28. The molecule has 1 aromatic heterocycles. The molecule has 0 spiro atoms. The zero-order valence-corrected chi connectivity index (χ0v) is 12.3.